The molecule has 0 spiro atoms. The van der Waals surface area contributed by atoms with Crippen LogP contribution in [0.1, 0.15) is 54.9 Å². The lowest BCUT2D eigenvalue weighted by atomic mass is 9.97. The average molecular weight is 621 g/mol. The van der Waals surface area contributed by atoms with Gasteiger partial charge in [0.05, 0.1) is 0 Å². The minimum absolute atomic E-state index is 0.263. The highest BCUT2D eigenvalue weighted by atomic mass is 16.8. The van der Waals surface area contributed by atoms with Crippen LogP contribution < -0.4 is 0 Å². The van der Waals surface area contributed by atoms with Crippen LogP contribution in [0.5, 0.6) is 0 Å². The Labute approximate surface area is 246 Å². The van der Waals surface area contributed by atoms with Gasteiger partial charge in [-0.15, -0.1) is 0 Å². The number of rotatable bonds is 11. The summed E-state index contributed by atoms with van der Waals surface area (Å²) in [6.45, 7) is 6.71. The second-order valence-corrected chi connectivity index (χ2v) is 9.57. The zero-order valence-corrected chi connectivity index (χ0v) is 24.8. The van der Waals surface area contributed by atoms with Crippen LogP contribution in [0.4, 0.5) is 0 Å². The summed E-state index contributed by atoms with van der Waals surface area (Å²) in [4.78, 5) is 83.1. The summed E-state index contributed by atoms with van der Waals surface area (Å²) in [7, 11) is 0. The second kappa shape index (κ2) is 16.1. The Kier molecular flexibility index (Phi) is 13.3. The predicted molar refractivity (Wildman–Crippen MR) is 134 cm³/mol. The Bertz CT molecular complexity index is 1060. The van der Waals surface area contributed by atoms with Crippen LogP contribution in [0.15, 0.2) is 0 Å². The van der Waals surface area contributed by atoms with Gasteiger partial charge in [-0.2, -0.15) is 0 Å². The summed E-state index contributed by atoms with van der Waals surface area (Å²) in [5.74, 6) is -5.45. The van der Waals surface area contributed by atoms with Crippen molar-refractivity contribution in [2.24, 2.45) is 0 Å². The first kappa shape index (κ1) is 35.4. The molecule has 2 heterocycles. The van der Waals surface area contributed by atoms with Crippen molar-refractivity contribution < 1.29 is 80.9 Å². The maximum absolute atomic E-state index is 12.1. The van der Waals surface area contributed by atoms with E-state index in [9.17, 15) is 33.6 Å². The van der Waals surface area contributed by atoms with E-state index in [2.05, 4.69) is 0 Å². The lowest BCUT2D eigenvalue weighted by Crippen LogP contribution is -2.64. The smallest absolute Gasteiger partial charge is 0.304 e. The zero-order chi connectivity index (χ0) is 32.4. The molecule has 0 amide bonds. The molecule has 2 fully saturated rings. The van der Waals surface area contributed by atoms with E-state index < -0.39 is 110 Å². The molecule has 0 unspecified atom stereocenters. The maximum Gasteiger partial charge on any atom is 0.304 e. The Morgan fingerprint density at radius 2 is 0.930 bits per heavy atom. The molecule has 0 aromatic rings. The molecule has 9 atom stereocenters. The van der Waals surface area contributed by atoms with Gasteiger partial charge in [-0.3, -0.25) is 33.6 Å². The Morgan fingerprint density at radius 3 is 1.40 bits per heavy atom. The first-order valence-electron chi connectivity index (χ1n) is 13.2. The first-order chi connectivity index (χ1) is 20.1. The molecule has 0 aromatic carbocycles. The van der Waals surface area contributed by atoms with Gasteiger partial charge in [-0.25, -0.2) is 0 Å². The van der Waals surface area contributed by atoms with Crippen molar-refractivity contribution in [3.8, 4) is 0 Å². The van der Waals surface area contributed by atoms with Gasteiger partial charge < -0.3 is 47.4 Å². The summed E-state index contributed by atoms with van der Waals surface area (Å²) >= 11 is 0. The molecule has 2 rings (SSSR count). The second-order valence-electron chi connectivity index (χ2n) is 9.57. The summed E-state index contributed by atoms with van der Waals surface area (Å²) in [5.41, 5.74) is 0. The van der Waals surface area contributed by atoms with E-state index in [-0.39, 0.29) is 6.42 Å². The SMILES string of the molecule is CC(=O)OC[C@@H]1O[C@@H](OC(C)=O)C[C@H](O[C@@H]2O[C@H](COC(C)=O)[C@@H](OC(C)=O)[C@H](OC(C)=O)[C@H]2OC(C)=O)[C@H]1OC(C)=O. The van der Waals surface area contributed by atoms with Crippen LogP contribution in [0, 0.1) is 0 Å². The van der Waals surface area contributed by atoms with Crippen molar-refractivity contribution in [2.45, 2.75) is 110 Å². The largest absolute Gasteiger partial charge is 0.463 e. The molecule has 0 aliphatic carbocycles. The van der Waals surface area contributed by atoms with Crippen molar-refractivity contribution in [2.75, 3.05) is 13.2 Å². The lowest BCUT2D eigenvalue weighted by Gasteiger charge is -2.46. The van der Waals surface area contributed by atoms with E-state index in [1.807, 2.05) is 0 Å². The molecule has 0 bridgehead atoms. The third-order valence-electron chi connectivity index (χ3n) is 5.79. The van der Waals surface area contributed by atoms with Crippen LogP contribution in [-0.4, -0.2) is 110 Å². The van der Waals surface area contributed by atoms with Crippen molar-refractivity contribution in [3.63, 3.8) is 0 Å². The third kappa shape index (κ3) is 11.4. The minimum Gasteiger partial charge on any atom is -0.463 e. The highest BCUT2D eigenvalue weighted by Gasteiger charge is 2.55. The molecule has 0 aromatic heterocycles. The zero-order valence-electron chi connectivity index (χ0n) is 24.8. The van der Waals surface area contributed by atoms with Crippen LogP contribution in [0.25, 0.3) is 0 Å². The van der Waals surface area contributed by atoms with Gasteiger partial charge >= 0.3 is 41.8 Å². The lowest BCUT2D eigenvalue weighted by molar-refractivity contribution is -0.340. The number of carbonyl (C=O) groups excluding carboxylic acids is 7. The first-order valence-corrected chi connectivity index (χ1v) is 13.2. The summed E-state index contributed by atoms with van der Waals surface area (Å²) in [6.07, 6.45) is -12.8. The molecule has 2 aliphatic heterocycles. The Hall–Kier alpha value is -3.83. The van der Waals surface area contributed by atoms with Crippen LogP contribution >= 0.6 is 0 Å². The predicted octanol–water partition coefficient (Wildman–Crippen LogP) is -0.372. The van der Waals surface area contributed by atoms with Crippen molar-refractivity contribution in [1.29, 1.82) is 0 Å². The summed E-state index contributed by atoms with van der Waals surface area (Å²) in [5, 5.41) is 0. The van der Waals surface area contributed by atoms with Gasteiger partial charge in [0.1, 0.15) is 31.5 Å². The number of esters is 7. The third-order valence-corrected chi connectivity index (χ3v) is 5.79. The van der Waals surface area contributed by atoms with Gasteiger partial charge in [0.25, 0.3) is 0 Å². The fourth-order valence-corrected chi connectivity index (χ4v) is 4.43. The molecular formula is C26H36O17. The van der Waals surface area contributed by atoms with Gasteiger partial charge in [-0.05, 0) is 0 Å². The van der Waals surface area contributed by atoms with E-state index in [0.717, 1.165) is 48.5 Å². The molecule has 0 radical (unpaired) electrons. The number of ether oxygens (including phenoxy) is 10. The fourth-order valence-electron chi connectivity index (χ4n) is 4.43. The summed E-state index contributed by atoms with van der Waals surface area (Å²) in [6, 6.07) is 0. The average Bonchev–Trinajstić information content (AvgIpc) is 2.85. The van der Waals surface area contributed by atoms with Crippen molar-refractivity contribution in [1.82, 2.24) is 0 Å². The van der Waals surface area contributed by atoms with Gasteiger partial charge in [0, 0.05) is 54.9 Å². The van der Waals surface area contributed by atoms with E-state index in [1.165, 1.54) is 0 Å². The Morgan fingerprint density at radius 1 is 0.512 bits per heavy atom. The molecule has 17 heteroatoms. The van der Waals surface area contributed by atoms with Gasteiger partial charge in [0.2, 0.25) is 6.29 Å². The van der Waals surface area contributed by atoms with Crippen molar-refractivity contribution in [3.05, 3.63) is 0 Å². The molecular weight excluding hydrogens is 584 g/mol. The monoisotopic (exact) mass is 620 g/mol. The molecule has 0 N–H and O–H groups in total. The molecule has 0 saturated carbocycles. The standard InChI is InChI=1S/C26H36O17/c1-11(27)34-9-19-22(37-14(4)30)18(8-21(41-19)36-13(3)29)42-26-25(40-17(7)33)24(39-16(6)32)23(38-15(5)31)20(43-26)10-35-12(2)28/h18-26H,8-10H2,1-7H3/t18-,19-,20+,21+,22+,23+,24-,25+,26+/m0/s1. The number of hydrogen-bond acceptors (Lipinski definition) is 17. The van der Waals surface area contributed by atoms with Crippen molar-refractivity contribution >= 4 is 41.8 Å². The molecule has 17 nitrogen and oxygen atoms in total. The Balaban J connectivity index is 2.57. The fraction of sp³-hybridized carbons (Fsp3) is 0.731. The normalized spacial score (nSPS) is 30.2. The highest BCUT2D eigenvalue weighted by molar-refractivity contribution is 5.69. The van der Waals surface area contributed by atoms with Crippen LogP contribution in [0.2, 0.25) is 0 Å². The molecule has 2 saturated heterocycles. The van der Waals surface area contributed by atoms with E-state index in [4.69, 9.17) is 47.4 Å². The van der Waals surface area contributed by atoms with E-state index >= 15 is 0 Å². The quantitative estimate of drug-likeness (QED) is 0.213. The topological polar surface area (TPSA) is 212 Å². The van der Waals surface area contributed by atoms with E-state index in [0.29, 0.717) is 0 Å². The number of hydrogen-bond donors (Lipinski definition) is 0. The van der Waals surface area contributed by atoms with Gasteiger partial charge in [-0.1, -0.05) is 0 Å². The maximum atomic E-state index is 12.1. The molecule has 242 valence electrons. The highest BCUT2D eigenvalue weighted by Crippen LogP contribution is 2.34. The molecule has 2 aliphatic rings. The van der Waals surface area contributed by atoms with E-state index in [1.54, 1.807) is 0 Å². The summed E-state index contributed by atoms with van der Waals surface area (Å²) < 4.78 is 54.6. The van der Waals surface area contributed by atoms with Gasteiger partial charge in [0.15, 0.2) is 30.7 Å². The van der Waals surface area contributed by atoms with Crippen LogP contribution in [-0.2, 0) is 80.9 Å². The molecule has 43 heavy (non-hydrogen) atoms. The van der Waals surface area contributed by atoms with Crippen LogP contribution in [0.3, 0.4) is 0 Å². The number of carbonyl (C=O) groups is 7. The minimum atomic E-state index is -1.64.